The molecule has 27 heavy (non-hydrogen) atoms. The number of aryl methyl sites for hydroxylation is 1. The molecule has 142 valence electrons. The van der Waals surface area contributed by atoms with Gasteiger partial charge >= 0.3 is 0 Å². The third kappa shape index (κ3) is 3.59. The lowest BCUT2D eigenvalue weighted by Gasteiger charge is -2.14. The molecule has 0 radical (unpaired) electrons. The molecule has 5 nitrogen and oxygen atoms in total. The van der Waals surface area contributed by atoms with Crippen LogP contribution >= 0.6 is 23.1 Å². The predicted octanol–water partition coefficient (Wildman–Crippen LogP) is 5.36. The fourth-order valence-corrected chi connectivity index (χ4v) is 4.29. The van der Waals surface area contributed by atoms with Gasteiger partial charge in [0.1, 0.15) is 5.52 Å². The van der Waals surface area contributed by atoms with Crippen LogP contribution in [0.4, 0.5) is 9.52 Å². The van der Waals surface area contributed by atoms with Crippen molar-refractivity contribution < 1.29 is 9.13 Å². The van der Waals surface area contributed by atoms with Gasteiger partial charge in [-0.15, -0.1) is 23.1 Å². The number of nitrogens with one attached hydrogen (secondary N) is 2. The number of benzene rings is 1. The van der Waals surface area contributed by atoms with E-state index < -0.39 is 5.82 Å². The second-order valence-electron chi connectivity index (χ2n) is 5.71. The highest BCUT2D eigenvalue weighted by atomic mass is 32.2. The van der Waals surface area contributed by atoms with Gasteiger partial charge < -0.3 is 10.1 Å². The Balaban J connectivity index is 2.08. The quantitative estimate of drug-likeness (QED) is 0.410. The summed E-state index contributed by atoms with van der Waals surface area (Å²) in [4.78, 5) is 6.10. The van der Waals surface area contributed by atoms with Crippen LogP contribution in [0.25, 0.3) is 22.6 Å². The molecule has 0 saturated carbocycles. The lowest BCUT2D eigenvalue weighted by Crippen LogP contribution is -2.00. The number of nitrogens with zero attached hydrogens (tertiary/aromatic N) is 2. The number of rotatable bonds is 7. The van der Waals surface area contributed by atoms with Gasteiger partial charge in [-0.05, 0) is 31.8 Å². The van der Waals surface area contributed by atoms with Gasteiger partial charge in [-0.1, -0.05) is 12.7 Å². The van der Waals surface area contributed by atoms with E-state index in [1.807, 2.05) is 39.3 Å². The summed E-state index contributed by atoms with van der Waals surface area (Å²) in [6.07, 6.45) is 7.28. The topological polar surface area (TPSA) is 62.8 Å². The third-order valence-electron chi connectivity index (χ3n) is 4.06. The van der Waals surface area contributed by atoms with Crippen LogP contribution in [-0.4, -0.2) is 35.1 Å². The van der Waals surface area contributed by atoms with E-state index in [0.29, 0.717) is 28.2 Å². The number of allylic oxidation sites excluding steroid dienone is 2. The molecule has 3 aromatic rings. The summed E-state index contributed by atoms with van der Waals surface area (Å²) in [7, 11) is 1.84. The lowest BCUT2D eigenvalue weighted by atomic mass is 10.0. The first-order chi connectivity index (χ1) is 13.0. The largest absolute Gasteiger partial charge is 0.489 e. The summed E-state index contributed by atoms with van der Waals surface area (Å²) in [5, 5.41) is 11.6. The number of hydrogen-bond donors (Lipinski definition) is 2. The van der Waals surface area contributed by atoms with Gasteiger partial charge in [-0.25, -0.2) is 9.37 Å². The number of fused-ring (bicyclic) bond motifs is 1. The standard InChI is InChI=1S/C19H21FN4OS2/c1-6-25-17-15(20)18(26-5)14(12-9-22-24-16(12)17)10(2)7-8-13-11(3)27-19(21-4)23-13/h7-9H,2,6H2,1,3-5H3,(H,21,23)(H,22,24)/b8-7-. The normalized spacial score (nSPS) is 11.4. The minimum absolute atomic E-state index is 0.198. The molecule has 8 heteroatoms. The third-order valence-corrected chi connectivity index (χ3v) is 5.86. The van der Waals surface area contributed by atoms with Crippen molar-refractivity contribution in [2.75, 3.05) is 25.2 Å². The zero-order chi connectivity index (χ0) is 19.6. The first kappa shape index (κ1) is 19.4. The Morgan fingerprint density at radius 2 is 2.30 bits per heavy atom. The molecule has 2 N–H and O–H groups in total. The lowest BCUT2D eigenvalue weighted by molar-refractivity contribution is 0.322. The van der Waals surface area contributed by atoms with Crippen molar-refractivity contribution in [2.24, 2.45) is 0 Å². The van der Waals surface area contributed by atoms with Gasteiger partial charge in [0.15, 0.2) is 16.7 Å². The van der Waals surface area contributed by atoms with Crippen molar-refractivity contribution in [1.82, 2.24) is 15.2 Å². The zero-order valence-corrected chi connectivity index (χ0v) is 17.3. The second kappa shape index (κ2) is 8.14. The first-order valence-corrected chi connectivity index (χ1v) is 10.4. The van der Waals surface area contributed by atoms with Crippen molar-refractivity contribution in [3.63, 3.8) is 0 Å². The number of halogens is 1. The number of H-pyrrole nitrogens is 1. The summed E-state index contributed by atoms with van der Waals surface area (Å²) < 4.78 is 20.6. The van der Waals surface area contributed by atoms with Crippen LogP contribution in [0, 0.1) is 12.7 Å². The summed E-state index contributed by atoms with van der Waals surface area (Å²) >= 11 is 2.91. The maximum Gasteiger partial charge on any atom is 0.183 e. The highest BCUT2D eigenvalue weighted by Crippen LogP contribution is 2.41. The minimum Gasteiger partial charge on any atom is -0.489 e. The van der Waals surface area contributed by atoms with Crippen LogP contribution in [0.3, 0.4) is 0 Å². The van der Waals surface area contributed by atoms with Gasteiger partial charge in [0.2, 0.25) is 0 Å². The van der Waals surface area contributed by atoms with E-state index in [4.69, 9.17) is 4.74 Å². The number of aromatic nitrogens is 3. The molecule has 0 amide bonds. The van der Waals surface area contributed by atoms with E-state index >= 15 is 4.39 Å². The molecule has 0 fully saturated rings. The van der Waals surface area contributed by atoms with Gasteiger partial charge in [-0.2, -0.15) is 5.10 Å². The number of thiazole rings is 1. The van der Waals surface area contributed by atoms with Crippen LogP contribution in [0.1, 0.15) is 23.1 Å². The molecule has 0 spiro atoms. The van der Waals surface area contributed by atoms with Gasteiger partial charge in [-0.3, -0.25) is 5.10 Å². The molecule has 2 aromatic heterocycles. The average molecular weight is 405 g/mol. The highest BCUT2D eigenvalue weighted by molar-refractivity contribution is 7.98. The Kier molecular flexibility index (Phi) is 5.86. The van der Waals surface area contributed by atoms with Crippen LogP contribution in [0.15, 0.2) is 23.7 Å². The van der Waals surface area contributed by atoms with Gasteiger partial charge in [0, 0.05) is 22.9 Å². The summed E-state index contributed by atoms with van der Waals surface area (Å²) in [6.45, 7) is 8.37. The maximum atomic E-state index is 15.1. The summed E-state index contributed by atoms with van der Waals surface area (Å²) in [6, 6.07) is 0. The summed E-state index contributed by atoms with van der Waals surface area (Å²) in [5.74, 6) is -0.197. The number of ether oxygens (including phenoxy) is 1. The molecule has 0 aliphatic rings. The SMILES string of the molecule is C=C(/C=C\c1nc(NC)sc1C)c1c(SC)c(F)c(OCC)c2[nH]ncc12. The number of hydrogen-bond acceptors (Lipinski definition) is 6. The van der Waals surface area contributed by atoms with Crippen LogP contribution in [0.2, 0.25) is 0 Å². The summed E-state index contributed by atoms with van der Waals surface area (Å²) in [5.41, 5.74) is 2.81. The average Bonchev–Trinajstić information content (AvgIpc) is 3.28. The molecule has 0 saturated heterocycles. The number of anilines is 1. The molecule has 0 bridgehead atoms. The molecular weight excluding hydrogens is 383 g/mol. The molecule has 2 heterocycles. The fourth-order valence-electron chi connectivity index (χ4n) is 2.82. The molecule has 0 aliphatic carbocycles. The van der Waals surface area contributed by atoms with E-state index in [9.17, 15) is 0 Å². The molecule has 1 aromatic carbocycles. The monoisotopic (exact) mass is 404 g/mol. The van der Waals surface area contributed by atoms with Crippen LogP contribution in [-0.2, 0) is 0 Å². The minimum atomic E-state index is -0.395. The van der Waals surface area contributed by atoms with E-state index in [1.165, 1.54) is 11.8 Å². The predicted molar refractivity (Wildman–Crippen MR) is 113 cm³/mol. The Hall–Kier alpha value is -2.32. The van der Waals surface area contributed by atoms with Crippen molar-refractivity contribution >= 4 is 50.8 Å². The Morgan fingerprint density at radius 3 is 2.93 bits per heavy atom. The van der Waals surface area contributed by atoms with Gasteiger partial charge in [0.25, 0.3) is 0 Å². The number of aromatic amines is 1. The van der Waals surface area contributed by atoms with Crippen molar-refractivity contribution in [3.8, 4) is 5.75 Å². The Bertz CT molecular complexity index is 1020. The Morgan fingerprint density at radius 1 is 1.52 bits per heavy atom. The van der Waals surface area contributed by atoms with E-state index in [0.717, 1.165) is 21.1 Å². The van der Waals surface area contributed by atoms with Crippen molar-refractivity contribution in [2.45, 2.75) is 18.7 Å². The Labute approximate surface area is 165 Å². The first-order valence-electron chi connectivity index (χ1n) is 8.39. The van der Waals surface area contributed by atoms with Crippen molar-refractivity contribution in [3.05, 3.63) is 40.8 Å². The molecule has 0 atom stereocenters. The molecule has 3 rings (SSSR count). The van der Waals surface area contributed by atoms with Crippen LogP contribution in [0.5, 0.6) is 5.75 Å². The smallest absolute Gasteiger partial charge is 0.183 e. The maximum absolute atomic E-state index is 15.1. The second-order valence-corrected chi connectivity index (χ2v) is 7.73. The van der Waals surface area contributed by atoms with E-state index in [2.05, 4.69) is 27.1 Å². The molecule has 0 aliphatic heterocycles. The van der Waals surface area contributed by atoms with E-state index in [1.54, 1.807) is 17.5 Å². The molecular formula is C19H21FN4OS2. The fraction of sp³-hybridized carbons (Fsp3) is 0.263. The van der Waals surface area contributed by atoms with Crippen LogP contribution < -0.4 is 10.1 Å². The van der Waals surface area contributed by atoms with Gasteiger partial charge in [0.05, 0.1) is 23.4 Å². The highest BCUT2D eigenvalue weighted by Gasteiger charge is 2.22. The zero-order valence-electron chi connectivity index (χ0n) is 15.6. The van der Waals surface area contributed by atoms with E-state index in [-0.39, 0.29) is 5.75 Å². The van der Waals surface area contributed by atoms with Crippen molar-refractivity contribution in [1.29, 1.82) is 0 Å². The molecule has 0 unspecified atom stereocenters. The number of thioether (sulfide) groups is 1.